The van der Waals surface area contributed by atoms with Crippen LogP contribution < -0.4 is 5.32 Å². The fraction of sp³-hybridized carbons (Fsp3) is 0.900. The molecule has 74 valence electrons. The first-order valence-corrected chi connectivity index (χ1v) is 5.18. The van der Waals surface area contributed by atoms with Crippen LogP contribution in [0.25, 0.3) is 0 Å². The third kappa shape index (κ3) is 1.52. The number of aliphatic imine (C=N–C) groups is 1. The van der Waals surface area contributed by atoms with Gasteiger partial charge in [0.05, 0.1) is 6.54 Å². The second kappa shape index (κ2) is 2.89. The molecule has 1 heterocycles. The molecule has 0 aromatic carbocycles. The Morgan fingerprint density at radius 1 is 1.69 bits per heavy atom. The first-order valence-electron chi connectivity index (χ1n) is 5.18. The predicted octanol–water partition coefficient (Wildman–Crippen LogP) is 1.07. The lowest BCUT2D eigenvalue weighted by atomic mass is 10.1. The summed E-state index contributed by atoms with van der Waals surface area (Å²) in [5, 5.41) is 3.52. The Labute approximate surface area is 80.2 Å². The molecule has 1 fully saturated rings. The van der Waals surface area contributed by atoms with Gasteiger partial charge in [0, 0.05) is 19.6 Å². The molecule has 1 aliphatic heterocycles. The lowest BCUT2D eigenvalue weighted by molar-refractivity contribution is 0.488. The van der Waals surface area contributed by atoms with E-state index in [9.17, 15) is 0 Å². The first kappa shape index (κ1) is 8.85. The van der Waals surface area contributed by atoms with Gasteiger partial charge < -0.3 is 10.2 Å². The average Bonchev–Trinajstić information content (AvgIpc) is 2.57. The van der Waals surface area contributed by atoms with Gasteiger partial charge in [0.15, 0.2) is 5.96 Å². The quantitative estimate of drug-likeness (QED) is 0.690. The predicted molar refractivity (Wildman–Crippen MR) is 54.9 cm³/mol. The van der Waals surface area contributed by atoms with Gasteiger partial charge in [-0.25, -0.2) is 0 Å². The Morgan fingerprint density at radius 2 is 2.46 bits per heavy atom. The third-order valence-corrected chi connectivity index (χ3v) is 3.52. The summed E-state index contributed by atoms with van der Waals surface area (Å²) in [6.07, 6.45) is 2.57. The molecule has 13 heavy (non-hydrogen) atoms. The van der Waals surface area contributed by atoms with Gasteiger partial charge in [-0.2, -0.15) is 0 Å². The second-order valence-corrected chi connectivity index (χ2v) is 4.54. The fourth-order valence-corrected chi connectivity index (χ4v) is 1.87. The highest BCUT2D eigenvalue weighted by atomic mass is 15.3. The molecule has 0 radical (unpaired) electrons. The summed E-state index contributed by atoms with van der Waals surface area (Å²) in [6, 6.07) is 0.664. The van der Waals surface area contributed by atoms with Gasteiger partial charge in [-0.05, 0) is 18.3 Å². The highest BCUT2D eigenvalue weighted by Gasteiger charge is 2.49. The maximum atomic E-state index is 4.43. The molecule has 0 spiro atoms. The minimum atomic E-state index is 0.534. The number of likely N-dealkylation sites (N-methyl/N-ethyl adjacent to an activating group) is 1. The SMILES string of the molecule is CCC1(C)CC1NC1=NCCN1C. The van der Waals surface area contributed by atoms with Crippen molar-refractivity contribution in [2.24, 2.45) is 10.4 Å². The molecule has 0 aromatic rings. The van der Waals surface area contributed by atoms with Crippen molar-refractivity contribution in [1.29, 1.82) is 0 Å². The van der Waals surface area contributed by atoms with E-state index in [4.69, 9.17) is 0 Å². The summed E-state index contributed by atoms with van der Waals surface area (Å²) in [6.45, 7) is 6.63. The zero-order valence-electron chi connectivity index (χ0n) is 8.80. The first-order chi connectivity index (χ1) is 6.15. The topological polar surface area (TPSA) is 27.6 Å². The molecule has 2 rings (SSSR count). The summed E-state index contributed by atoms with van der Waals surface area (Å²) >= 11 is 0. The minimum Gasteiger partial charge on any atom is -0.353 e. The van der Waals surface area contributed by atoms with E-state index in [0.717, 1.165) is 19.0 Å². The van der Waals surface area contributed by atoms with Gasteiger partial charge in [0.1, 0.15) is 0 Å². The molecule has 1 N–H and O–H groups in total. The Morgan fingerprint density at radius 3 is 2.92 bits per heavy atom. The molecule has 0 aromatic heterocycles. The van der Waals surface area contributed by atoms with Gasteiger partial charge in [-0.15, -0.1) is 0 Å². The standard InChI is InChI=1S/C10H19N3/c1-4-10(2)7-8(10)12-9-11-5-6-13(9)3/h8H,4-7H2,1-3H3,(H,11,12). The van der Waals surface area contributed by atoms with Crippen LogP contribution in [0.1, 0.15) is 26.7 Å². The van der Waals surface area contributed by atoms with Crippen molar-refractivity contribution < 1.29 is 0 Å². The van der Waals surface area contributed by atoms with Crippen LogP contribution in [-0.4, -0.2) is 37.0 Å². The summed E-state index contributed by atoms with van der Waals surface area (Å²) in [4.78, 5) is 6.63. The van der Waals surface area contributed by atoms with Gasteiger partial charge in [0.2, 0.25) is 0 Å². The Balaban J connectivity index is 1.87. The summed E-state index contributed by atoms with van der Waals surface area (Å²) in [5.74, 6) is 1.10. The van der Waals surface area contributed by atoms with Crippen molar-refractivity contribution in [2.45, 2.75) is 32.7 Å². The van der Waals surface area contributed by atoms with E-state index in [1.807, 2.05) is 0 Å². The molecule has 3 heteroatoms. The summed E-state index contributed by atoms with van der Waals surface area (Å²) in [5.41, 5.74) is 0.534. The number of rotatable bonds is 2. The van der Waals surface area contributed by atoms with Crippen molar-refractivity contribution in [1.82, 2.24) is 10.2 Å². The Hall–Kier alpha value is -0.730. The highest BCUT2D eigenvalue weighted by molar-refractivity contribution is 5.81. The van der Waals surface area contributed by atoms with Crippen LogP contribution in [0, 0.1) is 5.41 Å². The molecule has 0 amide bonds. The van der Waals surface area contributed by atoms with E-state index in [0.29, 0.717) is 11.5 Å². The monoisotopic (exact) mass is 181 g/mol. The molecule has 1 saturated carbocycles. The van der Waals surface area contributed by atoms with Crippen LogP contribution in [0.5, 0.6) is 0 Å². The lowest BCUT2D eigenvalue weighted by Gasteiger charge is -2.16. The van der Waals surface area contributed by atoms with Gasteiger partial charge in [-0.1, -0.05) is 13.8 Å². The molecule has 0 bridgehead atoms. The maximum absolute atomic E-state index is 4.43. The number of nitrogens with zero attached hydrogens (tertiary/aromatic N) is 2. The smallest absolute Gasteiger partial charge is 0.194 e. The van der Waals surface area contributed by atoms with Crippen LogP contribution in [-0.2, 0) is 0 Å². The van der Waals surface area contributed by atoms with Crippen molar-refractivity contribution in [3.05, 3.63) is 0 Å². The van der Waals surface area contributed by atoms with Crippen LogP contribution in [0.2, 0.25) is 0 Å². The average molecular weight is 181 g/mol. The Kier molecular flexibility index (Phi) is 1.97. The second-order valence-electron chi connectivity index (χ2n) is 4.54. The highest BCUT2D eigenvalue weighted by Crippen LogP contribution is 2.48. The lowest BCUT2D eigenvalue weighted by Crippen LogP contribution is -2.38. The van der Waals surface area contributed by atoms with E-state index in [1.54, 1.807) is 0 Å². The molecule has 2 aliphatic rings. The van der Waals surface area contributed by atoms with Gasteiger partial charge in [0.25, 0.3) is 0 Å². The summed E-state index contributed by atoms with van der Waals surface area (Å²) < 4.78 is 0. The third-order valence-electron chi connectivity index (χ3n) is 3.52. The van der Waals surface area contributed by atoms with Crippen molar-refractivity contribution in [2.75, 3.05) is 20.1 Å². The van der Waals surface area contributed by atoms with Crippen LogP contribution >= 0.6 is 0 Å². The van der Waals surface area contributed by atoms with Gasteiger partial charge >= 0.3 is 0 Å². The zero-order valence-corrected chi connectivity index (χ0v) is 8.80. The molecular formula is C10H19N3. The van der Waals surface area contributed by atoms with E-state index < -0.39 is 0 Å². The molecule has 1 aliphatic carbocycles. The number of guanidine groups is 1. The number of nitrogens with one attached hydrogen (secondary N) is 1. The minimum absolute atomic E-state index is 0.534. The molecule has 0 saturated heterocycles. The van der Waals surface area contributed by atoms with Crippen molar-refractivity contribution in [3.8, 4) is 0 Å². The molecule has 3 nitrogen and oxygen atoms in total. The number of hydrogen-bond acceptors (Lipinski definition) is 3. The van der Waals surface area contributed by atoms with E-state index in [1.165, 1.54) is 12.8 Å². The number of hydrogen-bond donors (Lipinski definition) is 1. The fourth-order valence-electron chi connectivity index (χ4n) is 1.87. The molecular weight excluding hydrogens is 162 g/mol. The maximum Gasteiger partial charge on any atom is 0.194 e. The van der Waals surface area contributed by atoms with E-state index in [-0.39, 0.29) is 0 Å². The van der Waals surface area contributed by atoms with Crippen LogP contribution in [0.15, 0.2) is 4.99 Å². The zero-order chi connectivity index (χ0) is 9.47. The normalized spacial score (nSPS) is 37.6. The van der Waals surface area contributed by atoms with Crippen LogP contribution in [0.3, 0.4) is 0 Å². The van der Waals surface area contributed by atoms with Crippen molar-refractivity contribution >= 4 is 5.96 Å². The van der Waals surface area contributed by atoms with E-state index in [2.05, 4.69) is 36.1 Å². The van der Waals surface area contributed by atoms with E-state index >= 15 is 0 Å². The summed E-state index contributed by atoms with van der Waals surface area (Å²) in [7, 11) is 2.10. The Bertz CT molecular complexity index is 236. The largest absolute Gasteiger partial charge is 0.353 e. The molecule has 2 atom stereocenters. The van der Waals surface area contributed by atoms with Crippen molar-refractivity contribution in [3.63, 3.8) is 0 Å². The molecule has 2 unspecified atom stereocenters. The van der Waals surface area contributed by atoms with Crippen LogP contribution in [0.4, 0.5) is 0 Å². The van der Waals surface area contributed by atoms with Gasteiger partial charge in [-0.3, -0.25) is 4.99 Å².